The van der Waals surface area contributed by atoms with Crippen LogP contribution in [0, 0.1) is 5.92 Å². The van der Waals surface area contributed by atoms with Gasteiger partial charge in [-0.1, -0.05) is 64.0 Å². The Morgan fingerprint density at radius 1 is 1.18 bits per heavy atom. The number of carbonyl (C=O) groups is 1. The van der Waals surface area contributed by atoms with Gasteiger partial charge in [0.15, 0.2) is 0 Å². The minimum Gasteiger partial charge on any atom is -0.379 e. The van der Waals surface area contributed by atoms with Crippen LogP contribution in [0.4, 0.5) is 0 Å². The summed E-state index contributed by atoms with van der Waals surface area (Å²) in [5.74, 6) is 0.849. The number of allylic oxidation sites excluding steroid dienone is 1. The SMILES string of the molecule is CCC(CC)NC(=O)C1=CC2(CCN(CCC(C)CCCC(C)(C)OC)CC2)c2ccccc21.[HH]. The normalized spacial score (nSPS) is 18.7. The molecular formula is C30H50N2O2. The van der Waals surface area contributed by atoms with Crippen LogP contribution in [-0.4, -0.2) is 49.2 Å². The van der Waals surface area contributed by atoms with Crippen molar-refractivity contribution in [2.45, 2.75) is 103 Å². The third kappa shape index (κ3) is 6.51. The van der Waals surface area contributed by atoms with Gasteiger partial charge in [-0.15, -0.1) is 0 Å². The Morgan fingerprint density at radius 3 is 2.50 bits per heavy atom. The highest BCUT2D eigenvalue weighted by atomic mass is 16.5. The molecule has 1 aliphatic heterocycles. The fraction of sp³-hybridized carbons (Fsp3) is 0.700. The van der Waals surface area contributed by atoms with Gasteiger partial charge < -0.3 is 15.0 Å². The number of rotatable bonds is 12. The van der Waals surface area contributed by atoms with Crippen LogP contribution < -0.4 is 5.32 Å². The molecule has 3 rings (SSSR count). The van der Waals surface area contributed by atoms with E-state index in [4.69, 9.17) is 4.74 Å². The molecule has 1 aromatic rings. The van der Waals surface area contributed by atoms with Gasteiger partial charge in [0.1, 0.15) is 0 Å². The minimum atomic E-state index is -0.00422. The lowest BCUT2D eigenvalue weighted by atomic mass is 9.74. The quantitative estimate of drug-likeness (QED) is 0.375. The maximum absolute atomic E-state index is 13.2. The van der Waals surface area contributed by atoms with E-state index in [0.717, 1.165) is 62.2 Å². The van der Waals surface area contributed by atoms with Crippen LogP contribution in [0.25, 0.3) is 5.57 Å². The number of amides is 1. The Hall–Kier alpha value is -1.65. The Balaban J connectivity index is 0.00000432. The summed E-state index contributed by atoms with van der Waals surface area (Å²) in [6.45, 7) is 14.4. The maximum atomic E-state index is 13.2. The highest BCUT2D eigenvalue weighted by Gasteiger charge is 2.42. The number of nitrogens with zero attached hydrogens (tertiary/aromatic N) is 1. The van der Waals surface area contributed by atoms with Gasteiger partial charge >= 0.3 is 0 Å². The fourth-order valence-corrected chi connectivity index (χ4v) is 5.64. The first kappa shape index (κ1) is 26.9. The van der Waals surface area contributed by atoms with Gasteiger partial charge in [-0.25, -0.2) is 0 Å². The second-order valence-corrected chi connectivity index (χ2v) is 11.3. The van der Waals surface area contributed by atoms with E-state index in [1.54, 1.807) is 0 Å². The van der Waals surface area contributed by atoms with Gasteiger partial charge in [-0.3, -0.25) is 4.79 Å². The van der Waals surface area contributed by atoms with Gasteiger partial charge in [0.2, 0.25) is 0 Å². The van der Waals surface area contributed by atoms with Crippen molar-refractivity contribution in [3.05, 3.63) is 41.5 Å². The molecule has 1 heterocycles. The van der Waals surface area contributed by atoms with Crippen LogP contribution in [0.1, 0.15) is 98.5 Å². The average molecular weight is 471 g/mol. The largest absolute Gasteiger partial charge is 0.379 e. The molecule has 192 valence electrons. The number of hydrogen-bond donors (Lipinski definition) is 1. The Labute approximate surface area is 210 Å². The van der Waals surface area contributed by atoms with E-state index < -0.39 is 0 Å². The standard InChI is InChI=1S/C30H48N2O2.H2/c1-7-24(8-2)31-28(33)26-22-30(27-14-10-9-13-25(26)27)17-20-32(21-18-30)19-15-23(3)12-11-16-29(4,5)34-6;/h9-10,13-14,22-24H,7-8,11-12,15-21H2,1-6H3,(H,31,33);1H. The Bertz CT molecular complexity index is 839. The molecule has 0 saturated carbocycles. The molecule has 34 heavy (non-hydrogen) atoms. The molecule has 0 aromatic heterocycles. The zero-order valence-electron chi connectivity index (χ0n) is 22.6. The molecule has 4 heteroatoms. The predicted molar refractivity (Wildman–Crippen MR) is 145 cm³/mol. The van der Waals surface area contributed by atoms with Crippen LogP contribution in [0.15, 0.2) is 30.3 Å². The molecule has 1 fully saturated rings. The van der Waals surface area contributed by atoms with E-state index in [1.807, 2.05) is 7.11 Å². The first-order chi connectivity index (χ1) is 16.2. The number of likely N-dealkylation sites (tertiary alicyclic amines) is 1. The summed E-state index contributed by atoms with van der Waals surface area (Å²) in [5, 5.41) is 3.27. The minimum absolute atomic E-state index is 0. The van der Waals surface area contributed by atoms with Crippen LogP contribution in [0.2, 0.25) is 0 Å². The summed E-state index contributed by atoms with van der Waals surface area (Å²) in [5.41, 5.74) is 3.41. The van der Waals surface area contributed by atoms with Crippen molar-refractivity contribution >= 4 is 11.5 Å². The summed E-state index contributed by atoms with van der Waals surface area (Å²) < 4.78 is 5.56. The second-order valence-electron chi connectivity index (χ2n) is 11.3. The lowest BCUT2D eigenvalue weighted by molar-refractivity contribution is -0.116. The van der Waals surface area contributed by atoms with Crippen molar-refractivity contribution in [1.29, 1.82) is 0 Å². The number of piperidine rings is 1. The number of nitrogens with one attached hydrogen (secondary N) is 1. The third-order valence-electron chi connectivity index (χ3n) is 8.45. The van der Waals surface area contributed by atoms with Crippen molar-refractivity contribution in [3.63, 3.8) is 0 Å². The highest BCUT2D eigenvalue weighted by Crippen LogP contribution is 2.47. The monoisotopic (exact) mass is 470 g/mol. The van der Waals surface area contributed by atoms with Crippen molar-refractivity contribution in [3.8, 4) is 0 Å². The van der Waals surface area contributed by atoms with Gasteiger partial charge in [-0.2, -0.15) is 0 Å². The Morgan fingerprint density at radius 2 is 1.85 bits per heavy atom. The third-order valence-corrected chi connectivity index (χ3v) is 8.45. The van der Waals surface area contributed by atoms with E-state index in [9.17, 15) is 4.79 Å². The summed E-state index contributed by atoms with van der Waals surface area (Å²) in [4.78, 5) is 15.8. The molecule has 1 spiro atoms. The van der Waals surface area contributed by atoms with Crippen molar-refractivity contribution in [2.75, 3.05) is 26.7 Å². The fourth-order valence-electron chi connectivity index (χ4n) is 5.64. The maximum Gasteiger partial charge on any atom is 0.251 e. The van der Waals surface area contributed by atoms with E-state index in [-0.39, 0.29) is 24.4 Å². The average Bonchev–Trinajstić information content (AvgIpc) is 3.16. The second kappa shape index (κ2) is 11.9. The van der Waals surface area contributed by atoms with Crippen LogP contribution >= 0.6 is 0 Å². The molecule has 1 saturated heterocycles. The summed E-state index contributed by atoms with van der Waals surface area (Å²) in [6.07, 6.45) is 11.3. The molecule has 1 aromatic carbocycles. The van der Waals surface area contributed by atoms with Gasteiger partial charge in [0.25, 0.3) is 5.91 Å². The van der Waals surface area contributed by atoms with Gasteiger partial charge in [0.05, 0.1) is 5.60 Å². The van der Waals surface area contributed by atoms with E-state index >= 15 is 0 Å². The molecule has 1 unspecified atom stereocenters. The zero-order valence-corrected chi connectivity index (χ0v) is 22.6. The van der Waals surface area contributed by atoms with Crippen molar-refractivity contribution in [2.24, 2.45) is 5.92 Å². The molecule has 1 N–H and O–H groups in total. The van der Waals surface area contributed by atoms with E-state index in [0.29, 0.717) is 0 Å². The lowest BCUT2D eigenvalue weighted by Crippen LogP contribution is -2.41. The van der Waals surface area contributed by atoms with Gasteiger partial charge in [0, 0.05) is 25.6 Å². The predicted octanol–water partition coefficient (Wildman–Crippen LogP) is 6.59. The summed E-state index contributed by atoms with van der Waals surface area (Å²) in [7, 11) is 1.81. The smallest absolute Gasteiger partial charge is 0.251 e. The topological polar surface area (TPSA) is 41.6 Å². The molecule has 0 bridgehead atoms. The molecule has 2 aliphatic rings. The van der Waals surface area contributed by atoms with E-state index in [2.05, 4.69) is 75.2 Å². The Kier molecular flexibility index (Phi) is 9.40. The number of hydrogen-bond acceptors (Lipinski definition) is 3. The molecule has 1 atom stereocenters. The highest BCUT2D eigenvalue weighted by molar-refractivity contribution is 6.21. The van der Waals surface area contributed by atoms with Crippen molar-refractivity contribution < 1.29 is 11.0 Å². The molecule has 1 aliphatic carbocycles. The summed E-state index contributed by atoms with van der Waals surface area (Å²) >= 11 is 0. The molecule has 1 amide bonds. The molecule has 0 radical (unpaired) electrons. The van der Waals surface area contributed by atoms with E-state index in [1.165, 1.54) is 31.4 Å². The van der Waals surface area contributed by atoms with Crippen LogP contribution in [0.5, 0.6) is 0 Å². The van der Waals surface area contributed by atoms with Crippen molar-refractivity contribution in [1.82, 2.24) is 10.2 Å². The summed E-state index contributed by atoms with van der Waals surface area (Å²) in [6, 6.07) is 8.85. The number of methoxy groups -OCH3 is 1. The number of benzene rings is 1. The first-order valence-electron chi connectivity index (χ1n) is 13.6. The molecule has 4 nitrogen and oxygen atoms in total. The zero-order chi connectivity index (χ0) is 24.8. The van der Waals surface area contributed by atoms with Crippen LogP contribution in [0.3, 0.4) is 0 Å². The van der Waals surface area contributed by atoms with Crippen LogP contribution in [-0.2, 0) is 14.9 Å². The molecular weight excluding hydrogens is 420 g/mol. The van der Waals surface area contributed by atoms with Gasteiger partial charge in [-0.05, 0) is 89.1 Å². The number of ether oxygens (including phenoxy) is 1. The lowest BCUT2D eigenvalue weighted by Gasteiger charge is -2.39. The number of carbonyl (C=O) groups excluding carboxylic acids is 1. The first-order valence-corrected chi connectivity index (χ1v) is 13.6. The number of fused-ring (bicyclic) bond motifs is 2.